The molecule has 0 amide bonds. The molecule has 0 aromatic heterocycles. The van der Waals surface area contributed by atoms with E-state index in [1.807, 2.05) is 0 Å². The van der Waals surface area contributed by atoms with Gasteiger partial charge in [0.25, 0.3) is 0 Å². The summed E-state index contributed by atoms with van der Waals surface area (Å²) in [4.78, 5) is 2.50. The maximum absolute atomic E-state index is 9.08. The van der Waals surface area contributed by atoms with Crippen molar-refractivity contribution in [3.63, 3.8) is 0 Å². The van der Waals surface area contributed by atoms with Gasteiger partial charge in [-0.15, -0.1) is 0 Å². The lowest BCUT2D eigenvalue weighted by atomic mass is 9.88. The number of thiol groups is 1. The lowest BCUT2D eigenvalue weighted by Crippen LogP contribution is -2.40. The van der Waals surface area contributed by atoms with Gasteiger partial charge in [-0.1, -0.05) is 12.8 Å². The van der Waals surface area contributed by atoms with Crippen LogP contribution in [0.15, 0.2) is 0 Å². The van der Waals surface area contributed by atoms with Gasteiger partial charge in [-0.25, -0.2) is 0 Å². The van der Waals surface area contributed by atoms with Gasteiger partial charge >= 0.3 is 0 Å². The highest BCUT2D eigenvalue weighted by molar-refractivity contribution is 7.80. The molecule has 2 aliphatic carbocycles. The van der Waals surface area contributed by atoms with Gasteiger partial charge in [-0.2, -0.15) is 12.6 Å². The van der Waals surface area contributed by atoms with Gasteiger partial charge in [-0.05, 0) is 36.9 Å². The number of aliphatic hydroxyl groups is 1. The summed E-state index contributed by atoms with van der Waals surface area (Å²) >= 11 is 4.54. The minimum absolute atomic E-state index is 0.305. The number of hydrogen-bond donors (Lipinski definition) is 2. The van der Waals surface area contributed by atoms with Crippen LogP contribution in [-0.2, 0) is 0 Å². The topological polar surface area (TPSA) is 23.5 Å². The fourth-order valence-electron chi connectivity index (χ4n) is 2.88. The smallest absolute Gasteiger partial charge is 0.0558 e. The molecule has 3 heteroatoms. The molecule has 0 aromatic rings. The molecule has 15 heavy (non-hydrogen) atoms. The summed E-state index contributed by atoms with van der Waals surface area (Å²) in [5, 5.41) is 9.08. The minimum Gasteiger partial charge on any atom is -0.395 e. The van der Waals surface area contributed by atoms with Crippen LogP contribution in [0.3, 0.4) is 0 Å². The van der Waals surface area contributed by atoms with E-state index < -0.39 is 0 Å². The first-order valence-electron chi connectivity index (χ1n) is 6.25. The average molecular weight is 229 g/mol. The zero-order chi connectivity index (χ0) is 10.7. The molecule has 0 aliphatic heterocycles. The summed E-state index contributed by atoms with van der Waals surface area (Å²) in [7, 11) is 0. The van der Waals surface area contributed by atoms with Crippen LogP contribution >= 0.6 is 12.6 Å². The van der Waals surface area contributed by atoms with E-state index in [0.29, 0.717) is 12.0 Å². The molecule has 2 nitrogen and oxygen atoms in total. The lowest BCUT2D eigenvalue weighted by molar-refractivity contribution is 0.133. The molecular formula is C12H23NOS. The molecule has 0 radical (unpaired) electrons. The predicted octanol–water partition coefficient (Wildman–Crippen LogP) is 1.93. The second-order valence-corrected chi connectivity index (χ2v) is 5.61. The highest BCUT2D eigenvalue weighted by atomic mass is 32.1. The SMILES string of the molecule is OCCN(CC1(CS)CCCC1)C1CC1. The van der Waals surface area contributed by atoms with Crippen molar-refractivity contribution in [1.82, 2.24) is 4.90 Å². The van der Waals surface area contributed by atoms with Crippen LogP contribution in [0.2, 0.25) is 0 Å². The van der Waals surface area contributed by atoms with Gasteiger partial charge in [0.05, 0.1) is 6.61 Å². The summed E-state index contributed by atoms with van der Waals surface area (Å²) in [6, 6.07) is 0.773. The number of hydrogen-bond acceptors (Lipinski definition) is 3. The van der Waals surface area contributed by atoms with Gasteiger partial charge in [0.2, 0.25) is 0 Å². The molecule has 0 atom stereocenters. The Bertz CT molecular complexity index is 200. The highest BCUT2D eigenvalue weighted by Gasteiger charge is 2.38. The number of nitrogens with zero attached hydrogens (tertiary/aromatic N) is 1. The van der Waals surface area contributed by atoms with Crippen molar-refractivity contribution < 1.29 is 5.11 Å². The van der Waals surface area contributed by atoms with Crippen molar-refractivity contribution >= 4 is 12.6 Å². The molecule has 0 unspecified atom stereocenters. The molecule has 88 valence electrons. The van der Waals surface area contributed by atoms with Crippen LogP contribution < -0.4 is 0 Å². The van der Waals surface area contributed by atoms with Crippen LogP contribution in [0, 0.1) is 5.41 Å². The summed E-state index contributed by atoms with van der Waals surface area (Å²) < 4.78 is 0. The standard InChI is InChI=1S/C12H23NOS/c14-8-7-13(11-3-4-11)9-12(10-15)5-1-2-6-12/h11,14-15H,1-10H2. The lowest BCUT2D eigenvalue weighted by Gasteiger charge is -2.34. The van der Waals surface area contributed by atoms with Gasteiger partial charge in [0.1, 0.15) is 0 Å². The van der Waals surface area contributed by atoms with Crippen molar-refractivity contribution in [3.8, 4) is 0 Å². The first-order valence-corrected chi connectivity index (χ1v) is 6.89. The molecule has 1 N–H and O–H groups in total. The Kier molecular flexibility index (Phi) is 3.97. The fourth-order valence-corrected chi connectivity index (χ4v) is 3.30. The third-order valence-electron chi connectivity index (χ3n) is 3.99. The Hall–Kier alpha value is 0.270. The second-order valence-electron chi connectivity index (χ2n) is 5.29. The van der Waals surface area contributed by atoms with Crippen LogP contribution in [0.5, 0.6) is 0 Å². The van der Waals surface area contributed by atoms with Gasteiger partial charge in [0.15, 0.2) is 0 Å². The van der Waals surface area contributed by atoms with Gasteiger partial charge in [-0.3, -0.25) is 4.90 Å². The van der Waals surface area contributed by atoms with Crippen LogP contribution in [0.1, 0.15) is 38.5 Å². The largest absolute Gasteiger partial charge is 0.395 e. The molecule has 0 heterocycles. The van der Waals surface area contributed by atoms with Crippen LogP contribution in [0.4, 0.5) is 0 Å². The van der Waals surface area contributed by atoms with Crippen molar-refractivity contribution in [1.29, 1.82) is 0 Å². The molecule has 0 aromatic carbocycles. The van der Waals surface area contributed by atoms with Crippen molar-refractivity contribution in [3.05, 3.63) is 0 Å². The maximum atomic E-state index is 9.08. The van der Waals surface area contributed by atoms with Crippen LogP contribution in [-0.4, -0.2) is 41.5 Å². The summed E-state index contributed by atoms with van der Waals surface area (Å²) in [6.07, 6.45) is 8.10. The molecule has 2 fully saturated rings. The summed E-state index contributed by atoms with van der Waals surface area (Å²) in [6.45, 7) is 2.33. The average Bonchev–Trinajstić information content (AvgIpc) is 3.00. The Morgan fingerprint density at radius 1 is 1.27 bits per heavy atom. The third-order valence-corrected chi connectivity index (χ3v) is 4.66. The van der Waals surface area contributed by atoms with Crippen molar-refractivity contribution in [2.45, 2.75) is 44.6 Å². The van der Waals surface area contributed by atoms with E-state index in [0.717, 1.165) is 18.3 Å². The Morgan fingerprint density at radius 3 is 2.40 bits per heavy atom. The molecular weight excluding hydrogens is 206 g/mol. The van der Waals surface area contributed by atoms with E-state index in [2.05, 4.69) is 17.5 Å². The van der Waals surface area contributed by atoms with Gasteiger partial charge in [0, 0.05) is 19.1 Å². The molecule has 0 saturated heterocycles. The number of aliphatic hydroxyl groups excluding tert-OH is 1. The fraction of sp³-hybridized carbons (Fsp3) is 1.00. The Labute approximate surface area is 98.5 Å². The molecule has 2 rings (SSSR count). The monoisotopic (exact) mass is 229 g/mol. The van der Waals surface area contributed by atoms with E-state index in [4.69, 9.17) is 5.11 Å². The first-order chi connectivity index (χ1) is 7.29. The zero-order valence-electron chi connectivity index (χ0n) is 9.49. The van der Waals surface area contributed by atoms with E-state index in [1.54, 1.807) is 0 Å². The quantitative estimate of drug-likeness (QED) is 0.680. The Morgan fingerprint density at radius 2 is 1.93 bits per heavy atom. The van der Waals surface area contributed by atoms with E-state index in [1.165, 1.54) is 45.1 Å². The van der Waals surface area contributed by atoms with E-state index in [-0.39, 0.29) is 0 Å². The van der Waals surface area contributed by atoms with Crippen LogP contribution in [0.25, 0.3) is 0 Å². The summed E-state index contributed by atoms with van der Waals surface area (Å²) in [5.41, 5.74) is 0.459. The molecule has 0 bridgehead atoms. The highest BCUT2D eigenvalue weighted by Crippen LogP contribution is 2.41. The third kappa shape index (κ3) is 2.89. The van der Waals surface area contributed by atoms with E-state index >= 15 is 0 Å². The minimum atomic E-state index is 0.305. The second kappa shape index (κ2) is 5.07. The Balaban J connectivity index is 1.90. The van der Waals surface area contributed by atoms with Gasteiger partial charge < -0.3 is 5.11 Å². The normalized spacial score (nSPS) is 25.0. The van der Waals surface area contributed by atoms with E-state index in [9.17, 15) is 0 Å². The molecule has 0 spiro atoms. The maximum Gasteiger partial charge on any atom is 0.0558 e. The molecule has 2 saturated carbocycles. The van der Waals surface area contributed by atoms with Crippen molar-refractivity contribution in [2.24, 2.45) is 5.41 Å². The predicted molar refractivity (Wildman–Crippen MR) is 66.4 cm³/mol. The number of rotatable bonds is 6. The molecule has 2 aliphatic rings. The summed E-state index contributed by atoms with van der Waals surface area (Å²) in [5.74, 6) is 1.02. The van der Waals surface area contributed by atoms with Crippen molar-refractivity contribution in [2.75, 3.05) is 25.4 Å². The first kappa shape index (κ1) is 11.7. The zero-order valence-corrected chi connectivity index (χ0v) is 10.4.